The van der Waals surface area contributed by atoms with E-state index in [1.807, 2.05) is 4.90 Å². The average molecular weight is 456 g/mol. The topological polar surface area (TPSA) is 112 Å². The van der Waals surface area contributed by atoms with Crippen LogP contribution in [0, 0.1) is 11.6 Å². The first-order chi connectivity index (χ1) is 14.9. The number of rotatable bonds is 6. The number of nitrogens with one attached hydrogen (secondary N) is 1. The maximum atomic E-state index is 14.7. The van der Waals surface area contributed by atoms with Gasteiger partial charge in [-0.3, -0.25) is 9.78 Å². The van der Waals surface area contributed by atoms with Gasteiger partial charge < -0.3 is 19.6 Å². The highest BCUT2D eigenvalue weighted by Crippen LogP contribution is 2.30. The Hall–Kier alpha value is -2.99. The molecule has 2 aromatic heterocycles. The van der Waals surface area contributed by atoms with Crippen LogP contribution in [0.15, 0.2) is 16.9 Å². The number of anilines is 2. The number of halogens is 3. The van der Waals surface area contributed by atoms with Crippen molar-refractivity contribution in [2.24, 2.45) is 7.05 Å². The van der Waals surface area contributed by atoms with Gasteiger partial charge in [-0.15, -0.1) is 16.7 Å². The number of H-pyrrole nitrogens is 1. The molecule has 1 fully saturated rings. The molecule has 0 amide bonds. The van der Waals surface area contributed by atoms with Crippen LogP contribution in [0.1, 0.15) is 0 Å². The normalized spacial score (nSPS) is 15.5. The molecule has 13 heteroatoms. The Kier molecular flexibility index (Phi) is 5.92. The first kappa shape index (κ1) is 21.2. The Labute approximate surface area is 180 Å². The van der Waals surface area contributed by atoms with E-state index in [0.29, 0.717) is 37.8 Å². The maximum Gasteiger partial charge on any atom is 0.282 e. The standard InChI is InChI=1S/C18H20ClF2N7O3/c1-26-16-14(24-25-26)17(30)23-18(22-16)28-4-2-27(3-5-28)15-12(20)6-10(7-13(15)21)31-11(8-19)9-29/h6-7,11,29H,2-5,8-9H2,1H3,(H,22,23,30). The predicted octanol–water partition coefficient (Wildman–Crippen LogP) is 0.635. The van der Waals surface area contributed by atoms with Gasteiger partial charge in [0.2, 0.25) is 5.95 Å². The van der Waals surface area contributed by atoms with Crippen LogP contribution in [0.3, 0.4) is 0 Å². The summed E-state index contributed by atoms with van der Waals surface area (Å²) in [7, 11) is 1.64. The van der Waals surface area contributed by atoms with Gasteiger partial charge in [0.05, 0.1) is 12.5 Å². The van der Waals surface area contributed by atoms with Crippen LogP contribution in [-0.4, -0.2) is 74.8 Å². The zero-order valence-corrected chi connectivity index (χ0v) is 17.3. The van der Waals surface area contributed by atoms with E-state index in [-0.39, 0.29) is 29.4 Å². The SMILES string of the molecule is Cn1nnc2c(=O)[nH]c(N3CCN(c4c(F)cc(OC(CO)CCl)cc4F)CC3)nc21. The molecule has 0 saturated carbocycles. The maximum absolute atomic E-state index is 14.7. The van der Waals surface area contributed by atoms with E-state index >= 15 is 0 Å². The monoisotopic (exact) mass is 455 g/mol. The number of aromatic amines is 1. The first-order valence-electron chi connectivity index (χ1n) is 9.53. The molecule has 0 aliphatic carbocycles. The number of ether oxygens (including phenoxy) is 1. The predicted molar refractivity (Wildman–Crippen MR) is 110 cm³/mol. The van der Waals surface area contributed by atoms with Crippen LogP contribution in [-0.2, 0) is 7.05 Å². The van der Waals surface area contributed by atoms with Gasteiger partial charge in [0, 0.05) is 45.4 Å². The summed E-state index contributed by atoms with van der Waals surface area (Å²) >= 11 is 5.64. The summed E-state index contributed by atoms with van der Waals surface area (Å²) in [5.74, 6) is -1.26. The number of nitrogens with zero attached hydrogens (tertiary/aromatic N) is 6. The minimum absolute atomic E-state index is 0.0136. The van der Waals surface area contributed by atoms with Gasteiger partial charge in [-0.2, -0.15) is 4.98 Å². The fourth-order valence-corrected chi connectivity index (χ4v) is 3.59. The van der Waals surface area contributed by atoms with Crippen molar-refractivity contribution in [1.82, 2.24) is 25.0 Å². The number of hydrogen-bond acceptors (Lipinski definition) is 8. The first-order valence-corrected chi connectivity index (χ1v) is 10.1. The smallest absolute Gasteiger partial charge is 0.282 e. The van der Waals surface area contributed by atoms with Crippen molar-refractivity contribution in [2.45, 2.75) is 6.10 Å². The van der Waals surface area contributed by atoms with E-state index < -0.39 is 23.3 Å². The lowest BCUT2D eigenvalue weighted by Crippen LogP contribution is -2.48. The van der Waals surface area contributed by atoms with Crippen LogP contribution in [0.2, 0.25) is 0 Å². The molecule has 4 rings (SSSR count). The molecule has 0 radical (unpaired) electrons. The quantitative estimate of drug-likeness (QED) is 0.521. The lowest BCUT2D eigenvalue weighted by Gasteiger charge is -2.36. The molecule has 10 nitrogen and oxygen atoms in total. The molecule has 0 spiro atoms. The summed E-state index contributed by atoms with van der Waals surface area (Å²) in [4.78, 5) is 22.7. The Morgan fingerprint density at radius 1 is 1.23 bits per heavy atom. The van der Waals surface area contributed by atoms with Crippen LogP contribution in [0.4, 0.5) is 20.4 Å². The number of aryl methyl sites for hydroxylation is 1. The largest absolute Gasteiger partial charge is 0.487 e. The number of aliphatic hydroxyl groups excluding tert-OH is 1. The van der Waals surface area contributed by atoms with E-state index in [9.17, 15) is 13.6 Å². The summed E-state index contributed by atoms with van der Waals surface area (Å²) < 4.78 is 36.0. The Balaban J connectivity index is 1.50. The second-order valence-corrected chi connectivity index (χ2v) is 7.37. The molecule has 1 saturated heterocycles. The van der Waals surface area contributed by atoms with Gasteiger partial charge in [-0.1, -0.05) is 5.21 Å². The van der Waals surface area contributed by atoms with E-state index in [2.05, 4.69) is 20.3 Å². The van der Waals surface area contributed by atoms with E-state index in [1.165, 1.54) is 4.68 Å². The van der Waals surface area contributed by atoms with Gasteiger partial charge >= 0.3 is 0 Å². The van der Waals surface area contributed by atoms with Gasteiger partial charge in [0.1, 0.15) is 17.5 Å². The molecule has 31 heavy (non-hydrogen) atoms. The summed E-state index contributed by atoms with van der Waals surface area (Å²) in [5.41, 5.74) is -0.0616. The zero-order valence-electron chi connectivity index (χ0n) is 16.6. The van der Waals surface area contributed by atoms with Crippen molar-refractivity contribution in [3.8, 4) is 5.75 Å². The van der Waals surface area contributed by atoms with Crippen molar-refractivity contribution >= 4 is 34.4 Å². The fourth-order valence-electron chi connectivity index (χ4n) is 3.43. The lowest BCUT2D eigenvalue weighted by atomic mass is 10.2. The van der Waals surface area contributed by atoms with Gasteiger partial charge in [0.25, 0.3) is 5.56 Å². The number of fused-ring (bicyclic) bond motifs is 1. The Morgan fingerprint density at radius 2 is 1.87 bits per heavy atom. The van der Waals surface area contributed by atoms with Crippen LogP contribution in [0.25, 0.3) is 11.2 Å². The number of benzene rings is 1. The number of piperazine rings is 1. The second kappa shape index (κ2) is 8.63. The fraction of sp³-hybridized carbons (Fsp3) is 0.444. The molecular weight excluding hydrogens is 436 g/mol. The van der Waals surface area contributed by atoms with Crippen molar-refractivity contribution < 1.29 is 18.6 Å². The Morgan fingerprint density at radius 3 is 2.48 bits per heavy atom. The van der Waals surface area contributed by atoms with Crippen LogP contribution < -0.4 is 20.1 Å². The van der Waals surface area contributed by atoms with Crippen LogP contribution in [0.5, 0.6) is 5.75 Å². The minimum atomic E-state index is -0.774. The number of aromatic nitrogens is 5. The van der Waals surface area contributed by atoms with Gasteiger partial charge in [-0.05, 0) is 0 Å². The summed E-state index contributed by atoms with van der Waals surface area (Å²) in [6.07, 6.45) is -0.753. The third kappa shape index (κ3) is 4.12. The van der Waals surface area contributed by atoms with Gasteiger partial charge in [0.15, 0.2) is 22.8 Å². The molecule has 1 aliphatic rings. The lowest BCUT2D eigenvalue weighted by molar-refractivity contribution is 0.131. The van der Waals surface area contributed by atoms with Crippen molar-refractivity contribution in [3.63, 3.8) is 0 Å². The van der Waals surface area contributed by atoms with Crippen LogP contribution >= 0.6 is 11.6 Å². The van der Waals surface area contributed by atoms with E-state index in [4.69, 9.17) is 21.4 Å². The number of alkyl halides is 1. The summed E-state index contributed by atoms with van der Waals surface area (Å²) in [5, 5.41) is 16.7. The third-order valence-electron chi connectivity index (χ3n) is 5.01. The summed E-state index contributed by atoms with van der Waals surface area (Å²) in [6.45, 7) is 1.01. The average Bonchev–Trinajstić information content (AvgIpc) is 3.13. The molecule has 0 bridgehead atoms. The highest BCUT2D eigenvalue weighted by atomic mass is 35.5. The van der Waals surface area contributed by atoms with Crippen molar-refractivity contribution in [3.05, 3.63) is 34.1 Å². The van der Waals surface area contributed by atoms with Crippen molar-refractivity contribution in [1.29, 1.82) is 0 Å². The molecule has 1 atom stereocenters. The molecule has 1 aliphatic heterocycles. The minimum Gasteiger partial charge on any atom is -0.487 e. The molecule has 1 aromatic carbocycles. The molecular formula is C18H20ClF2N7O3. The third-order valence-corrected chi connectivity index (χ3v) is 5.36. The van der Waals surface area contributed by atoms with E-state index in [0.717, 1.165) is 12.1 Å². The molecule has 166 valence electrons. The second-order valence-electron chi connectivity index (χ2n) is 7.06. The highest BCUT2D eigenvalue weighted by Gasteiger charge is 2.25. The highest BCUT2D eigenvalue weighted by molar-refractivity contribution is 6.18. The number of hydrogen-bond donors (Lipinski definition) is 2. The molecule has 2 N–H and O–H groups in total. The summed E-state index contributed by atoms with van der Waals surface area (Å²) in [6, 6.07) is 2.14. The van der Waals surface area contributed by atoms with Crippen molar-refractivity contribution in [2.75, 3.05) is 48.5 Å². The molecule has 3 heterocycles. The Bertz CT molecular complexity index is 1120. The van der Waals surface area contributed by atoms with Gasteiger partial charge in [-0.25, -0.2) is 13.5 Å². The van der Waals surface area contributed by atoms with E-state index in [1.54, 1.807) is 11.9 Å². The molecule has 1 unspecified atom stereocenters. The number of aliphatic hydroxyl groups is 1. The molecule has 3 aromatic rings. The zero-order chi connectivity index (χ0) is 22.1.